The number of esters is 3. The van der Waals surface area contributed by atoms with E-state index in [0.717, 1.165) is 96.3 Å². The molecule has 0 rings (SSSR count). The summed E-state index contributed by atoms with van der Waals surface area (Å²) in [6.45, 7) is 6.51. The van der Waals surface area contributed by atoms with Crippen molar-refractivity contribution in [3.05, 3.63) is 85.1 Å². The highest BCUT2D eigenvalue weighted by Gasteiger charge is 2.19. The summed E-state index contributed by atoms with van der Waals surface area (Å²) < 4.78 is 16.9. The number of carbonyl (C=O) groups excluding carboxylic acids is 3. The van der Waals surface area contributed by atoms with Crippen molar-refractivity contribution in [2.45, 2.75) is 297 Å². The van der Waals surface area contributed by atoms with E-state index in [-0.39, 0.29) is 37.5 Å². The maximum Gasteiger partial charge on any atom is 0.306 e. The second-order valence-corrected chi connectivity index (χ2v) is 19.9. The molecule has 0 spiro atoms. The van der Waals surface area contributed by atoms with Crippen LogP contribution in [0.2, 0.25) is 0 Å². The van der Waals surface area contributed by atoms with Gasteiger partial charge in [-0.15, -0.1) is 0 Å². The Morgan fingerprint density at radius 3 is 0.887 bits per heavy atom. The number of allylic oxidation sites excluding steroid dienone is 14. The number of hydrogen-bond acceptors (Lipinski definition) is 6. The van der Waals surface area contributed by atoms with Crippen LogP contribution < -0.4 is 0 Å². The Balaban J connectivity index is 4.46. The van der Waals surface area contributed by atoms with E-state index in [1.807, 2.05) is 0 Å². The molecule has 0 aliphatic rings. The lowest BCUT2D eigenvalue weighted by Crippen LogP contribution is -2.30. The highest BCUT2D eigenvalue weighted by Crippen LogP contribution is 2.15. The Bertz CT molecular complexity index is 1310. The van der Waals surface area contributed by atoms with E-state index >= 15 is 0 Å². The van der Waals surface area contributed by atoms with Crippen LogP contribution in [-0.2, 0) is 28.6 Å². The van der Waals surface area contributed by atoms with Crippen molar-refractivity contribution in [3.8, 4) is 0 Å². The summed E-state index contributed by atoms with van der Waals surface area (Å²) in [7, 11) is 0. The van der Waals surface area contributed by atoms with Crippen LogP contribution in [0, 0.1) is 0 Å². The number of ether oxygens (including phenoxy) is 3. The van der Waals surface area contributed by atoms with Crippen LogP contribution in [0.3, 0.4) is 0 Å². The molecule has 0 N–H and O–H groups in total. The van der Waals surface area contributed by atoms with Crippen LogP contribution in [0.25, 0.3) is 0 Å². The Hall–Kier alpha value is -3.41. The van der Waals surface area contributed by atoms with Crippen molar-refractivity contribution in [3.63, 3.8) is 0 Å². The van der Waals surface area contributed by atoms with Gasteiger partial charge in [-0.2, -0.15) is 0 Å². The summed E-state index contributed by atoms with van der Waals surface area (Å²) in [5, 5.41) is 0. The van der Waals surface area contributed by atoms with E-state index in [2.05, 4.69) is 106 Å². The van der Waals surface area contributed by atoms with Crippen LogP contribution in [0.1, 0.15) is 290 Å². The molecule has 0 radical (unpaired) electrons. The van der Waals surface area contributed by atoms with Crippen LogP contribution in [0.5, 0.6) is 0 Å². The third-order valence-corrected chi connectivity index (χ3v) is 12.9. The molecule has 0 aliphatic heterocycles. The Morgan fingerprint density at radius 1 is 0.296 bits per heavy atom. The van der Waals surface area contributed by atoms with Gasteiger partial charge in [-0.3, -0.25) is 14.4 Å². The molecule has 0 fully saturated rings. The van der Waals surface area contributed by atoms with Gasteiger partial charge >= 0.3 is 17.9 Å². The summed E-state index contributed by atoms with van der Waals surface area (Å²) in [6, 6.07) is 0. The van der Waals surface area contributed by atoms with E-state index < -0.39 is 6.10 Å². The molecule has 0 bridgehead atoms. The smallest absolute Gasteiger partial charge is 0.306 e. The van der Waals surface area contributed by atoms with Gasteiger partial charge in [-0.05, 0) is 116 Å². The first-order valence-electron chi connectivity index (χ1n) is 30.1. The van der Waals surface area contributed by atoms with Gasteiger partial charge in [0.05, 0.1) is 0 Å². The molecule has 0 aromatic carbocycles. The zero-order valence-electron chi connectivity index (χ0n) is 46.7. The molecule has 0 aromatic rings. The van der Waals surface area contributed by atoms with Crippen molar-refractivity contribution in [1.82, 2.24) is 0 Å². The van der Waals surface area contributed by atoms with Crippen LogP contribution in [-0.4, -0.2) is 37.2 Å². The quantitative estimate of drug-likeness (QED) is 0.0261. The van der Waals surface area contributed by atoms with Gasteiger partial charge < -0.3 is 14.2 Å². The topological polar surface area (TPSA) is 78.9 Å². The van der Waals surface area contributed by atoms with Gasteiger partial charge in [0.15, 0.2) is 6.10 Å². The lowest BCUT2D eigenvalue weighted by Gasteiger charge is -2.18. The Labute approximate surface area is 439 Å². The third kappa shape index (κ3) is 57.4. The van der Waals surface area contributed by atoms with Crippen molar-refractivity contribution in [2.75, 3.05) is 13.2 Å². The summed E-state index contributed by atoms with van der Waals surface area (Å²) >= 11 is 0. The highest BCUT2D eigenvalue weighted by molar-refractivity contribution is 5.71. The minimum absolute atomic E-state index is 0.0930. The molecular formula is C65H112O6. The summed E-state index contributed by atoms with van der Waals surface area (Å²) in [6.07, 6.45) is 77.1. The SMILES string of the molecule is CC/C=C\C/C=C\C/C=C\C/C=C\C/C=C\CCCCCC(=O)OC(COC(=O)CCCCCCCCC/C=C\CCCCCCCC)COC(=O)CCCCCCCCC/C=C\CCCCCCCC. The molecule has 0 heterocycles. The minimum Gasteiger partial charge on any atom is -0.462 e. The summed E-state index contributed by atoms with van der Waals surface area (Å²) in [4.78, 5) is 38.2. The largest absolute Gasteiger partial charge is 0.462 e. The van der Waals surface area contributed by atoms with E-state index in [0.29, 0.717) is 12.8 Å². The first-order chi connectivity index (χ1) is 35.0. The maximum absolute atomic E-state index is 12.9. The van der Waals surface area contributed by atoms with Gasteiger partial charge in [0.2, 0.25) is 0 Å². The van der Waals surface area contributed by atoms with Gasteiger partial charge in [-0.1, -0.05) is 241 Å². The number of unbranched alkanes of at least 4 members (excludes halogenated alkanes) is 29. The monoisotopic (exact) mass is 989 g/mol. The van der Waals surface area contributed by atoms with Gasteiger partial charge in [-0.25, -0.2) is 0 Å². The van der Waals surface area contributed by atoms with Gasteiger partial charge in [0.1, 0.15) is 13.2 Å². The summed E-state index contributed by atoms with van der Waals surface area (Å²) in [5.74, 6) is -0.925. The zero-order chi connectivity index (χ0) is 51.4. The van der Waals surface area contributed by atoms with Gasteiger partial charge in [0.25, 0.3) is 0 Å². The molecular weight excluding hydrogens is 877 g/mol. The molecule has 0 saturated carbocycles. The van der Waals surface area contributed by atoms with Crippen LogP contribution >= 0.6 is 0 Å². The van der Waals surface area contributed by atoms with Crippen molar-refractivity contribution in [2.24, 2.45) is 0 Å². The molecule has 6 heteroatoms. The van der Waals surface area contributed by atoms with Crippen molar-refractivity contribution < 1.29 is 28.6 Å². The second-order valence-electron chi connectivity index (χ2n) is 19.9. The first-order valence-corrected chi connectivity index (χ1v) is 30.1. The predicted molar refractivity (Wildman–Crippen MR) is 307 cm³/mol. The number of rotatable bonds is 54. The molecule has 0 unspecified atom stereocenters. The lowest BCUT2D eigenvalue weighted by atomic mass is 10.1. The summed E-state index contributed by atoms with van der Waals surface area (Å²) in [5.41, 5.74) is 0. The number of carbonyl (C=O) groups is 3. The van der Waals surface area contributed by atoms with Crippen LogP contribution in [0.4, 0.5) is 0 Å². The fourth-order valence-electron chi connectivity index (χ4n) is 8.34. The fourth-order valence-corrected chi connectivity index (χ4v) is 8.34. The molecule has 0 saturated heterocycles. The Kier molecular flexibility index (Phi) is 56.3. The average molecular weight is 990 g/mol. The first kappa shape index (κ1) is 67.6. The maximum atomic E-state index is 12.9. The molecule has 408 valence electrons. The highest BCUT2D eigenvalue weighted by atomic mass is 16.6. The molecule has 0 amide bonds. The van der Waals surface area contributed by atoms with E-state index in [1.54, 1.807) is 0 Å². The van der Waals surface area contributed by atoms with Crippen LogP contribution in [0.15, 0.2) is 85.1 Å². The second kappa shape index (κ2) is 59.2. The predicted octanol–water partition coefficient (Wildman–Crippen LogP) is 20.3. The normalized spacial score (nSPS) is 12.3. The van der Waals surface area contributed by atoms with E-state index in [9.17, 15) is 14.4 Å². The average Bonchev–Trinajstić information content (AvgIpc) is 3.37. The standard InChI is InChI=1S/C65H112O6/c1-4-7-10-13-16-19-22-25-28-31-32-35-38-41-44-47-50-53-56-59-65(68)71-62(60-69-63(66)57-54-51-48-45-42-39-36-33-29-26-23-20-17-14-11-8-5-2)61-70-64(67)58-55-52-49-46-43-40-37-34-30-27-24-21-18-15-12-9-6-3/h7,10,16,19,25-30,32,35,41,44,62H,4-6,8-9,11-15,17-18,20-24,31,33-34,36-40,42-43,45-61H2,1-3H3/b10-7-,19-16-,28-25-,29-26-,30-27-,35-32-,44-41-. The molecule has 6 nitrogen and oxygen atoms in total. The third-order valence-electron chi connectivity index (χ3n) is 12.9. The van der Waals surface area contributed by atoms with Gasteiger partial charge in [0, 0.05) is 19.3 Å². The van der Waals surface area contributed by atoms with Crippen molar-refractivity contribution in [1.29, 1.82) is 0 Å². The molecule has 0 aromatic heterocycles. The molecule has 0 atom stereocenters. The number of hydrogen-bond donors (Lipinski definition) is 0. The van der Waals surface area contributed by atoms with E-state index in [4.69, 9.17) is 14.2 Å². The minimum atomic E-state index is -0.799. The molecule has 0 aliphatic carbocycles. The molecule has 71 heavy (non-hydrogen) atoms. The van der Waals surface area contributed by atoms with Crippen molar-refractivity contribution >= 4 is 17.9 Å². The fraction of sp³-hybridized carbons (Fsp3) is 0.738. The lowest BCUT2D eigenvalue weighted by molar-refractivity contribution is -0.167. The van der Waals surface area contributed by atoms with E-state index in [1.165, 1.54) is 154 Å². The zero-order valence-corrected chi connectivity index (χ0v) is 46.7. The Morgan fingerprint density at radius 2 is 0.549 bits per heavy atom.